The van der Waals surface area contributed by atoms with Crippen molar-refractivity contribution in [3.8, 4) is 5.75 Å². The molecule has 0 fully saturated rings. The molecular weight excluding hydrogens is 347 g/mol. The number of sulfonamides is 1. The molecule has 0 aliphatic rings. The molecule has 3 rings (SSSR count). The minimum absolute atomic E-state index is 0.0379. The molecular formula is C17H15FN2O4S. The van der Waals surface area contributed by atoms with Crippen LogP contribution in [0.4, 0.5) is 10.1 Å². The van der Waals surface area contributed by atoms with Crippen LogP contribution < -0.4 is 15.0 Å². The van der Waals surface area contributed by atoms with Gasteiger partial charge in [-0.3, -0.25) is 9.52 Å². The normalized spacial score (nSPS) is 11.5. The van der Waals surface area contributed by atoms with Gasteiger partial charge in [0.15, 0.2) is 11.6 Å². The molecule has 0 atom stereocenters. The lowest BCUT2D eigenvalue weighted by Gasteiger charge is -2.10. The molecule has 0 aliphatic heterocycles. The highest BCUT2D eigenvalue weighted by molar-refractivity contribution is 7.92. The molecule has 0 spiro atoms. The van der Waals surface area contributed by atoms with Crippen LogP contribution in [0.15, 0.2) is 52.2 Å². The van der Waals surface area contributed by atoms with E-state index >= 15 is 0 Å². The minimum atomic E-state index is -3.97. The van der Waals surface area contributed by atoms with Gasteiger partial charge < -0.3 is 9.72 Å². The van der Waals surface area contributed by atoms with Gasteiger partial charge in [0.1, 0.15) is 0 Å². The maximum absolute atomic E-state index is 13.8. The fraction of sp³-hybridized carbons (Fsp3) is 0.118. The van der Waals surface area contributed by atoms with E-state index in [-0.39, 0.29) is 16.2 Å². The van der Waals surface area contributed by atoms with E-state index in [0.717, 1.165) is 6.07 Å². The lowest BCUT2D eigenvalue weighted by Crippen LogP contribution is -2.13. The number of rotatable bonds is 4. The van der Waals surface area contributed by atoms with Gasteiger partial charge in [0, 0.05) is 22.2 Å². The summed E-state index contributed by atoms with van der Waals surface area (Å²) in [6, 6.07) is 9.78. The highest BCUT2D eigenvalue weighted by atomic mass is 32.2. The topological polar surface area (TPSA) is 88.3 Å². The highest BCUT2D eigenvalue weighted by Crippen LogP contribution is 2.24. The smallest absolute Gasteiger partial charge is 0.262 e. The SMILES string of the molecule is COc1ccc(S(=O)(=O)Nc2ccc3[nH]c(=O)c(C)cc3c2)cc1F. The molecule has 2 N–H and O–H groups in total. The summed E-state index contributed by atoms with van der Waals surface area (Å²) >= 11 is 0. The summed E-state index contributed by atoms with van der Waals surface area (Å²) in [6.07, 6.45) is 0. The van der Waals surface area contributed by atoms with Crippen molar-refractivity contribution in [3.63, 3.8) is 0 Å². The molecule has 0 saturated heterocycles. The standard InChI is InChI=1S/C17H15FN2O4S/c1-10-7-11-8-12(3-5-15(11)19-17(10)21)20-25(22,23)13-4-6-16(24-2)14(18)9-13/h3-9,20H,1-2H3,(H,19,21). The number of aromatic amines is 1. The number of H-pyrrole nitrogens is 1. The third-order valence-electron chi connectivity index (χ3n) is 3.72. The Hall–Kier alpha value is -2.87. The molecule has 0 aliphatic carbocycles. The van der Waals surface area contributed by atoms with Gasteiger partial charge in [-0.25, -0.2) is 12.8 Å². The van der Waals surface area contributed by atoms with E-state index in [1.807, 2.05) is 0 Å². The third kappa shape index (κ3) is 3.34. The Balaban J connectivity index is 1.97. The number of methoxy groups -OCH3 is 1. The number of hydrogen-bond acceptors (Lipinski definition) is 4. The average molecular weight is 362 g/mol. The number of halogens is 1. The van der Waals surface area contributed by atoms with E-state index in [9.17, 15) is 17.6 Å². The summed E-state index contributed by atoms with van der Waals surface area (Å²) < 4.78 is 45.8. The van der Waals surface area contributed by atoms with Crippen molar-refractivity contribution in [1.82, 2.24) is 4.98 Å². The molecule has 6 nitrogen and oxygen atoms in total. The zero-order valence-electron chi connectivity index (χ0n) is 13.5. The molecule has 3 aromatic rings. The number of ether oxygens (including phenoxy) is 1. The van der Waals surface area contributed by atoms with Gasteiger partial charge in [-0.1, -0.05) is 0 Å². The molecule has 130 valence electrons. The van der Waals surface area contributed by atoms with Crippen molar-refractivity contribution in [3.05, 3.63) is 64.2 Å². The van der Waals surface area contributed by atoms with Gasteiger partial charge >= 0.3 is 0 Å². The highest BCUT2D eigenvalue weighted by Gasteiger charge is 2.17. The maximum Gasteiger partial charge on any atom is 0.262 e. The largest absolute Gasteiger partial charge is 0.494 e. The van der Waals surface area contributed by atoms with Crippen molar-refractivity contribution < 1.29 is 17.5 Å². The fourth-order valence-electron chi connectivity index (χ4n) is 2.41. The van der Waals surface area contributed by atoms with Crippen LogP contribution in [0.25, 0.3) is 10.9 Å². The fourth-order valence-corrected chi connectivity index (χ4v) is 3.47. The van der Waals surface area contributed by atoms with Gasteiger partial charge in [-0.05, 0) is 49.4 Å². The first kappa shape index (κ1) is 17.0. The molecule has 1 aromatic heterocycles. The van der Waals surface area contributed by atoms with Gasteiger partial charge in [0.2, 0.25) is 0 Å². The Labute approximate surface area is 143 Å². The predicted molar refractivity (Wildman–Crippen MR) is 93.1 cm³/mol. The van der Waals surface area contributed by atoms with Crippen LogP contribution in [-0.4, -0.2) is 20.5 Å². The molecule has 2 aromatic carbocycles. The summed E-state index contributed by atoms with van der Waals surface area (Å²) in [5.74, 6) is -0.804. The average Bonchev–Trinajstić information content (AvgIpc) is 2.56. The Kier molecular flexibility index (Phi) is 4.22. The second-order valence-electron chi connectivity index (χ2n) is 5.49. The summed E-state index contributed by atoms with van der Waals surface area (Å²) in [5, 5.41) is 0.679. The van der Waals surface area contributed by atoms with Crippen LogP contribution >= 0.6 is 0 Å². The predicted octanol–water partition coefficient (Wildman–Crippen LogP) is 2.79. The molecule has 25 heavy (non-hydrogen) atoms. The van der Waals surface area contributed by atoms with Crippen molar-refractivity contribution in [1.29, 1.82) is 0 Å². The van der Waals surface area contributed by atoms with E-state index in [4.69, 9.17) is 4.74 Å². The molecule has 0 bridgehead atoms. The maximum atomic E-state index is 13.8. The summed E-state index contributed by atoms with van der Waals surface area (Å²) in [5.41, 5.74) is 1.21. The number of nitrogens with one attached hydrogen (secondary N) is 2. The summed E-state index contributed by atoms with van der Waals surface area (Å²) in [4.78, 5) is 14.1. The van der Waals surface area contributed by atoms with Gasteiger partial charge in [0.05, 0.1) is 12.0 Å². The van der Waals surface area contributed by atoms with Gasteiger partial charge in [-0.15, -0.1) is 0 Å². The van der Waals surface area contributed by atoms with E-state index in [0.29, 0.717) is 22.2 Å². The zero-order chi connectivity index (χ0) is 18.2. The molecule has 0 radical (unpaired) electrons. The first-order valence-electron chi connectivity index (χ1n) is 7.30. The van der Waals surface area contributed by atoms with Crippen molar-refractivity contribution in [2.75, 3.05) is 11.8 Å². The number of pyridine rings is 1. The van der Waals surface area contributed by atoms with E-state index in [1.165, 1.54) is 25.3 Å². The monoisotopic (exact) mass is 362 g/mol. The molecule has 0 saturated carbocycles. The van der Waals surface area contributed by atoms with E-state index < -0.39 is 15.8 Å². The molecule has 1 heterocycles. The van der Waals surface area contributed by atoms with Crippen LogP contribution in [0, 0.1) is 12.7 Å². The number of hydrogen-bond donors (Lipinski definition) is 2. The third-order valence-corrected chi connectivity index (χ3v) is 5.09. The number of aromatic nitrogens is 1. The number of fused-ring (bicyclic) bond motifs is 1. The quantitative estimate of drug-likeness (QED) is 0.747. The van der Waals surface area contributed by atoms with Crippen LogP contribution in [-0.2, 0) is 10.0 Å². The van der Waals surface area contributed by atoms with E-state index in [2.05, 4.69) is 9.71 Å². The minimum Gasteiger partial charge on any atom is -0.494 e. The Morgan fingerprint density at radius 3 is 2.56 bits per heavy atom. The van der Waals surface area contributed by atoms with Crippen LogP contribution in [0.1, 0.15) is 5.56 Å². The number of anilines is 1. The van der Waals surface area contributed by atoms with Crippen LogP contribution in [0.3, 0.4) is 0 Å². The zero-order valence-corrected chi connectivity index (χ0v) is 14.3. The summed E-state index contributed by atoms with van der Waals surface area (Å²) in [7, 11) is -2.67. The summed E-state index contributed by atoms with van der Waals surface area (Å²) in [6.45, 7) is 1.66. The first-order valence-corrected chi connectivity index (χ1v) is 8.78. The second-order valence-corrected chi connectivity index (χ2v) is 7.17. The number of benzene rings is 2. The van der Waals surface area contributed by atoms with E-state index in [1.54, 1.807) is 25.1 Å². The van der Waals surface area contributed by atoms with Gasteiger partial charge in [0.25, 0.3) is 15.6 Å². The van der Waals surface area contributed by atoms with Gasteiger partial charge in [-0.2, -0.15) is 0 Å². The van der Waals surface area contributed by atoms with Crippen LogP contribution in [0.5, 0.6) is 5.75 Å². The Morgan fingerprint density at radius 2 is 1.88 bits per heavy atom. The number of aryl methyl sites for hydroxylation is 1. The molecule has 8 heteroatoms. The molecule has 0 unspecified atom stereocenters. The van der Waals surface area contributed by atoms with Crippen molar-refractivity contribution >= 4 is 26.6 Å². The Morgan fingerprint density at radius 1 is 1.12 bits per heavy atom. The lowest BCUT2D eigenvalue weighted by molar-refractivity contribution is 0.385. The van der Waals surface area contributed by atoms with Crippen molar-refractivity contribution in [2.45, 2.75) is 11.8 Å². The second kappa shape index (κ2) is 6.21. The lowest BCUT2D eigenvalue weighted by atomic mass is 10.1. The van der Waals surface area contributed by atoms with Crippen molar-refractivity contribution in [2.24, 2.45) is 0 Å². The Bertz CT molecular complexity index is 1120. The molecule has 0 amide bonds. The van der Waals surface area contributed by atoms with Crippen LogP contribution in [0.2, 0.25) is 0 Å². The first-order chi connectivity index (χ1) is 11.8.